The molecule has 1 aromatic rings. The van der Waals surface area contributed by atoms with Gasteiger partial charge < -0.3 is 14.8 Å². The van der Waals surface area contributed by atoms with Crippen LogP contribution in [-0.4, -0.2) is 66.9 Å². The van der Waals surface area contributed by atoms with Gasteiger partial charge in [-0.05, 0) is 38.0 Å². The molecule has 2 saturated heterocycles. The predicted molar refractivity (Wildman–Crippen MR) is 90.7 cm³/mol. The molecule has 1 N–H and O–H groups in total. The lowest BCUT2D eigenvalue weighted by Crippen LogP contribution is -2.60. The van der Waals surface area contributed by atoms with E-state index in [1.165, 1.54) is 5.56 Å². The molecule has 2 aliphatic rings. The molecule has 1 amide bonds. The lowest BCUT2D eigenvalue weighted by Gasteiger charge is -2.40. The van der Waals surface area contributed by atoms with Gasteiger partial charge in [0.15, 0.2) is 0 Å². The van der Waals surface area contributed by atoms with Gasteiger partial charge in [0.1, 0.15) is 0 Å². The summed E-state index contributed by atoms with van der Waals surface area (Å²) in [6, 6.07) is 4.11. The smallest absolute Gasteiger partial charge is 0.240 e. The molecule has 2 fully saturated rings. The van der Waals surface area contributed by atoms with Crippen LogP contribution in [0.4, 0.5) is 0 Å². The molecule has 6 nitrogen and oxygen atoms in total. The van der Waals surface area contributed by atoms with Crippen molar-refractivity contribution in [2.75, 3.05) is 39.5 Å². The number of amides is 1. The number of ether oxygens (including phenoxy) is 2. The third-order valence-corrected chi connectivity index (χ3v) is 5.12. The van der Waals surface area contributed by atoms with Crippen LogP contribution in [0.15, 0.2) is 24.5 Å². The molecule has 2 atom stereocenters. The topological polar surface area (TPSA) is 63.7 Å². The van der Waals surface area contributed by atoms with Crippen molar-refractivity contribution in [2.24, 2.45) is 5.92 Å². The van der Waals surface area contributed by atoms with Gasteiger partial charge in [0.2, 0.25) is 5.91 Å². The molecule has 1 aromatic heterocycles. The zero-order valence-electron chi connectivity index (χ0n) is 14.5. The number of morpholine rings is 1. The summed E-state index contributed by atoms with van der Waals surface area (Å²) in [6.45, 7) is 8.21. The average molecular weight is 333 g/mol. The van der Waals surface area contributed by atoms with E-state index in [1.54, 1.807) is 12.4 Å². The Morgan fingerprint density at radius 2 is 1.96 bits per heavy atom. The van der Waals surface area contributed by atoms with E-state index in [0.29, 0.717) is 32.3 Å². The van der Waals surface area contributed by atoms with Gasteiger partial charge in [-0.25, -0.2) is 0 Å². The van der Waals surface area contributed by atoms with Crippen LogP contribution < -0.4 is 5.32 Å². The first-order valence-electron chi connectivity index (χ1n) is 8.68. The van der Waals surface area contributed by atoms with Crippen molar-refractivity contribution < 1.29 is 14.3 Å². The highest BCUT2D eigenvalue weighted by molar-refractivity contribution is 5.85. The molecule has 6 heteroatoms. The number of carbonyl (C=O) groups excluding carboxylic acids is 1. The summed E-state index contributed by atoms with van der Waals surface area (Å²) in [7, 11) is 0. The summed E-state index contributed by atoms with van der Waals surface area (Å²) in [6.07, 6.45) is 4.51. The molecule has 0 aromatic carbocycles. The summed E-state index contributed by atoms with van der Waals surface area (Å²) in [5.74, 6) is 0.372. The van der Waals surface area contributed by atoms with Crippen LogP contribution in [0.2, 0.25) is 0 Å². The maximum absolute atomic E-state index is 12.9. The molecule has 0 unspecified atom stereocenters. The first-order valence-corrected chi connectivity index (χ1v) is 8.68. The Morgan fingerprint density at radius 3 is 2.67 bits per heavy atom. The molecule has 24 heavy (non-hydrogen) atoms. The number of rotatable bonds is 5. The fourth-order valence-electron chi connectivity index (χ4n) is 3.39. The molecule has 0 saturated carbocycles. The molecule has 2 aliphatic heterocycles. The minimum absolute atomic E-state index is 0.0611. The van der Waals surface area contributed by atoms with E-state index in [4.69, 9.17) is 9.47 Å². The molecular weight excluding hydrogens is 306 g/mol. The van der Waals surface area contributed by atoms with Gasteiger partial charge in [-0.3, -0.25) is 14.7 Å². The fraction of sp³-hybridized carbons (Fsp3) is 0.667. The van der Waals surface area contributed by atoms with E-state index in [9.17, 15) is 4.79 Å². The highest BCUT2D eigenvalue weighted by Gasteiger charge is 2.38. The number of pyridine rings is 1. The van der Waals surface area contributed by atoms with Gasteiger partial charge in [-0.2, -0.15) is 0 Å². The van der Waals surface area contributed by atoms with E-state index in [2.05, 4.69) is 15.2 Å². The van der Waals surface area contributed by atoms with Crippen molar-refractivity contribution in [3.05, 3.63) is 30.1 Å². The van der Waals surface area contributed by atoms with Gasteiger partial charge in [-0.15, -0.1) is 0 Å². The predicted octanol–water partition coefficient (Wildman–Crippen LogP) is 0.866. The van der Waals surface area contributed by atoms with Crippen molar-refractivity contribution in [3.63, 3.8) is 0 Å². The summed E-state index contributed by atoms with van der Waals surface area (Å²) in [5.41, 5.74) is 0.695. The number of hydrogen-bond donors (Lipinski definition) is 1. The number of nitrogens with zero attached hydrogens (tertiary/aromatic N) is 2. The van der Waals surface area contributed by atoms with Crippen molar-refractivity contribution in [1.82, 2.24) is 15.2 Å². The SMILES string of the molecule is CC(C)(C(=O)N[C@@H]1COC[C@H]1Cc1ccncc1)N1CCOCC1. The van der Waals surface area contributed by atoms with Crippen LogP contribution in [0.3, 0.4) is 0 Å². The highest BCUT2D eigenvalue weighted by atomic mass is 16.5. The van der Waals surface area contributed by atoms with Crippen LogP contribution in [0.25, 0.3) is 0 Å². The third kappa shape index (κ3) is 3.94. The molecular formula is C18H27N3O3. The summed E-state index contributed by atoms with van der Waals surface area (Å²) < 4.78 is 11.0. The molecule has 0 radical (unpaired) electrons. The molecule has 0 spiro atoms. The molecule has 0 bridgehead atoms. The summed E-state index contributed by atoms with van der Waals surface area (Å²) in [5, 5.41) is 3.22. The first kappa shape index (κ1) is 17.3. The Labute approximate surface area is 143 Å². The zero-order valence-corrected chi connectivity index (χ0v) is 14.5. The molecule has 3 rings (SSSR count). The monoisotopic (exact) mass is 333 g/mol. The van der Waals surface area contributed by atoms with Crippen molar-refractivity contribution >= 4 is 5.91 Å². The maximum Gasteiger partial charge on any atom is 0.240 e. The second kappa shape index (κ2) is 7.59. The van der Waals surface area contributed by atoms with E-state index in [1.807, 2.05) is 26.0 Å². The van der Waals surface area contributed by atoms with Crippen molar-refractivity contribution in [3.8, 4) is 0 Å². The van der Waals surface area contributed by atoms with Crippen molar-refractivity contribution in [1.29, 1.82) is 0 Å². The normalized spacial score (nSPS) is 25.6. The van der Waals surface area contributed by atoms with Gasteiger partial charge in [-0.1, -0.05) is 0 Å². The van der Waals surface area contributed by atoms with Crippen LogP contribution in [0.5, 0.6) is 0 Å². The standard InChI is InChI=1S/C18H27N3O3/c1-18(2,21-7-9-23-10-8-21)17(22)20-16-13-24-12-15(16)11-14-3-5-19-6-4-14/h3-6,15-16H,7-13H2,1-2H3,(H,20,22)/t15-,16-/m1/s1. The zero-order chi connectivity index (χ0) is 17.0. The number of carbonyl (C=O) groups is 1. The average Bonchev–Trinajstić information content (AvgIpc) is 3.03. The van der Waals surface area contributed by atoms with E-state index in [0.717, 1.165) is 19.5 Å². The van der Waals surface area contributed by atoms with Gasteiger partial charge in [0, 0.05) is 31.4 Å². The second-order valence-corrected chi connectivity index (χ2v) is 7.10. The Hall–Kier alpha value is -1.50. The van der Waals surface area contributed by atoms with E-state index >= 15 is 0 Å². The largest absolute Gasteiger partial charge is 0.379 e. The lowest BCUT2D eigenvalue weighted by molar-refractivity contribution is -0.135. The van der Waals surface area contributed by atoms with Crippen LogP contribution in [0, 0.1) is 5.92 Å². The van der Waals surface area contributed by atoms with Gasteiger partial charge in [0.05, 0.1) is 38.0 Å². The summed E-state index contributed by atoms with van der Waals surface area (Å²) in [4.78, 5) is 19.1. The Kier molecular flexibility index (Phi) is 5.48. The Bertz CT molecular complexity index is 544. The van der Waals surface area contributed by atoms with E-state index < -0.39 is 5.54 Å². The Balaban J connectivity index is 1.60. The lowest BCUT2D eigenvalue weighted by atomic mass is 9.93. The fourth-order valence-corrected chi connectivity index (χ4v) is 3.39. The number of hydrogen-bond acceptors (Lipinski definition) is 5. The van der Waals surface area contributed by atoms with Crippen LogP contribution in [-0.2, 0) is 20.7 Å². The first-order chi connectivity index (χ1) is 11.6. The molecule has 132 valence electrons. The highest BCUT2D eigenvalue weighted by Crippen LogP contribution is 2.22. The molecule has 3 heterocycles. The van der Waals surface area contributed by atoms with Crippen LogP contribution in [0.1, 0.15) is 19.4 Å². The maximum atomic E-state index is 12.9. The third-order valence-electron chi connectivity index (χ3n) is 5.12. The Morgan fingerprint density at radius 1 is 1.25 bits per heavy atom. The van der Waals surface area contributed by atoms with E-state index in [-0.39, 0.29) is 11.9 Å². The number of aromatic nitrogens is 1. The minimum Gasteiger partial charge on any atom is -0.379 e. The number of nitrogens with one attached hydrogen (secondary N) is 1. The quantitative estimate of drug-likeness (QED) is 0.866. The second-order valence-electron chi connectivity index (χ2n) is 7.10. The minimum atomic E-state index is -0.534. The van der Waals surface area contributed by atoms with Crippen LogP contribution >= 0.6 is 0 Å². The van der Waals surface area contributed by atoms with Crippen molar-refractivity contribution in [2.45, 2.75) is 31.8 Å². The van der Waals surface area contributed by atoms with Gasteiger partial charge >= 0.3 is 0 Å². The summed E-state index contributed by atoms with van der Waals surface area (Å²) >= 11 is 0. The van der Waals surface area contributed by atoms with Gasteiger partial charge in [0.25, 0.3) is 0 Å². The molecule has 0 aliphatic carbocycles.